The summed E-state index contributed by atoms with van der Waals surface area (Å²) in [7, 11) is 0. The quantitative estimate of drug-likeness (QED) is 0.831. The second-order valence-electron chi connectivity index (χ2n) is 3.92. The second-order valence-corrected chi connectivity index (χ2v) is 4.73. The van der Waals surface area contributed by atoms with Crippen molar-refractivity contribution in [2.45, 2.75) is 13.5 Å². The molecule has 2 aromatic carbocycles. The van der Waals surface area contributed by atoms with Crippen LogP contribution >= 0.6 is 23.2 Å². The van der Waals surface area contributed by atoms with Crippen molar-refractivity contribution in [2.75, 3.05) is 5.32 Å². The Labute approximate surface area is 111 Å². The van der Waals surface area contributed by atoms with Gasteiger partial charge in [0.05, 0.1) is 10.7 Å². The molecule has 0 unspecified atom stereocenters. The third-order valence-electron chi connectivity index (χ3n) is 2.56. The fraction of sp³-hybridized carbons (Fsp3) is 0.143. The first-order chi connectivity index (χ1) is 8.16. The number of hydrogen-bond acceptors (Lipinski definition) is 1. The van der Waals surface area contributed by atoms with Gasteiger partial charge in [-0.05, 0) is 36.2 Å². The summed E-state index contributed by atoms with van der Waals surface area (Å²) in [5, 5.41) is 4.83. The van der Waals surface area contributed by atoms with Gasteiger partial charge in [0.25, 0.3) is 0 Å². The molecule has 17 heavy (non-hydrogen) atoms. The molecule has 0 heterocycles. The van der Waals surface area contributed by atoms with Gasteiger partial charge in [-0.25, -0.2) is 0 Å². The number of halogens is 2. The summed E-state index contributed by atoms with van der Waals surface area (Å²) < 4.78 is 0. The Bertz CT molecular complexity index is 523. The number of nitrogens with one attached hydrogen (secondary N) is 1. The van der Waals surface area contributed by atoms with E-state index in [1.165, 1.54) is 0 Å². The number of rotatable bonds is 3. The van der Waals surface area contributed by atoms with E-state index in [-0.39, 0.29) is 0 Å². The lowest BCUT2D eigenvalue weighted by Gasteiger charge is -2.10. The van der Waals surface area contributed by atoms with Crippen molar-refractivity contribution in [3.8, 4) is 0 Å². The van der Waals surface area contributed by atoms with Gasteiger partial charge >= 0.3 is 0 Å². The minimum Gasteiger partial charge on any atom is -0.380 e. The Morgan fingerprint density at radius 3 is 2.59 bits per heavy atom. The van der Waals surface area contributed by atoms with Crippen LogP contribution in [-0.2, 0) is 6.54 Å². The van der Waals surface area contributed by atoms with Crippen LogP contribution in [0.5, 0.6) is 0 Å². The molecule has 0 saturated heterocycles. The van der Waals surface area contributed by atoms with E-state index in [1.54, 1.807) is 0 Å². The minimum atomic E-state index is 0.712. The minimum absolute atomic E-state index is 0.712. The summed E-state index contributed by atoms with van der Waals surface area (Å²) in [6.45, 7) is 2.70. The average molecular weight is 266 g/mol. The third kappa shape index (κ3) is 3.15. The zero-order valence-electron chi connectivity index (χ0n) is 9.50. The SMILES string of the molecule is Cc1cccc(NCc2cccc(Cl)c2)c1Cl. The fourth-order valence-electron chi connectivity index (χ4n) is 1.63. The molecule has 88 valence electrons. The van der Waals surface area contributed by atoms with E-state index in [1.807, 2.05) is 49.4 Å². The molecule has 0 aliphatic rings. The van der Waals surface area contributed by atoms with Crippen molar-refractivity contribution in [3.05, 3.63) is 63.6 Å². The van der Waals surface area contributed by atoms with Gasteiger partial charge in [-0.1, -0.05) is 47.5 Å². The maximum Gasteiger partial charge on any atom is 0.0666 e. The van der Waals surface area contributed by atoms with Crippen LogP contribution in [0.2, 0.25) is 10.0 Å². The van der Waals surface area contributed by atoms with Gasteiger partial charge in [-0.3, -0.25) is 0 Å². The molecule has 0 spiro atoms. The molecule has 0 aliphatic carbocycles. The number of benzene rings is 2. The zero-order valence-corrected chi connectivity index (χ0v) is 11.0. The Kier molecular flexibility index (Phi) is 3.93. The van der Waals surface area contributed by atoms with Crippen LogP contribution in [-0.4, -0.2) is 0 Å². The first-order valence-corrected chi connectivity index (χ1v) is 6.16. The summed E-state index contributed by atoms with van der Waals surface area (Å²) >= 11 is 12.1. The molecule has 2 rings (SSSR count). The monoisotopic (exact) mass is 265 g/mol. The smallest absolute Gasteiger partial charge is 0.0666 e. The van der Waals surface area contributed by atoms with E-state index in [4.69, 9.17) is 23.2 Å². The summed E-state index contributed by atoms with van der Waals surface area (Å²) in [5.74, 6) is 0. The highest BCUT2D eigenvalue weighted by molar-refractivity contribution is 6.34. The Balaban J connectivity index is 2.10. The molecule has 0 saturated carbocycles. The van der Waals surface area contributed by atoms with Crippen LogP contribution in [0.1, 0.15) is 11.1 Å². The molecule has 0 aromatic heterocycles. The molecule has 1 nitrogen and oxygen atoms in total. The van der Waals surface area contributed by atoms with Gasteiger partial charge in [-0.15, -0.1) is 0 Å². The van der Waals surface area contributed by atoms with Crippen LogP contribution in [0.3, 0.4) is 0 Å². The largest absolute Gasteiger partial charge is 0.380 e. The molecular formula is C14H13Cl2N. The van der Waals surface area contributed by atoms with E-state index in [2.05, 4.69) is 5.32 Å². The zero-order chi connectivity index (χ0) is 12.3. The predicted octanol–water partition coefficient (Wildman–Crippen LogP) is 4.91. The predicted molar refractivity (Wildman–Crippen MR) is 75.0 cm³/mol. The molecule has 0 fully saturated rings. The van der Waals surface area contributed by atoms with Crippen molar-refractivity contribution in [1.29, 1.82) is 0 Å². The van der Waals surface area contributed by atoms with Crippen molar-refractivity contribution in [3.63, 3.8) is 0 Å². The average Bonchev–Trinajstić information content (AvgIpc) is 2.31. The molecular weight excluding hydrogens is 253 g/mol. The molecule has 0 atom stereocenters. The van der Waals surface area contributed by atoms with Crippen molar-refractivity contribution < 1.29 is 0 Å². The maximum absolute atomic E-state index is 6.20. The molecule has 1 N–H and O–H groups in total. The maximum atomic E-state index is 6.20. The van der Waals surface area contributed by atoms with E-state index >= 15 is 0 Å². The number of anilines is 1. The van der Waals surface area contributed by atoms with Gasteiger partial charge in [0.15, 0.2) is 0 Å². The highest BCUT2D eigenvalue weighted by Crippen LogP contribution is 2.25. The van der Waals surface area contributed by atoms with Crippen LogP contribution in [0.15, 0.2) is 42.5 Å². The van der Waals surface area contributed by atoms with Gasteiger partial charge < -0.3 is 5.32 Å². The third-order valence-corrected chi connectivity index (χ3v) is 3.30. The van der Waals surface area contributed by atoms with E-state index in [0.717, 1.165) is 26.9 Å². The van der Waals surface area contributed by atoms with Crippen LogP contribution in [0.4, 0.5) is 5.69 Å². The number of aryl methyl sites for hydroxylation is 1. The summed E-state index contributed by atoms with van der Waals surface area (Å²) in [5.41, 5.74) is 3.16. The van der Waals surface area contributed by atoms with Crippen molar-refractivity contribution in [2.24, 2.45) is 0 Å². The summed E-state index contributed by atoms with van der Waals surface area (Å²) in [6.07, 6.45) is 0. The first-order valence-electron chi connectivity index (χ1n) is 5.40. The summed E-state index contributed by atoms with van der Waals surface area (Å²) in [4.78, 5) is 0. The van der Waals surface area contributed by atoms with Gasteiger partial charge in [0.1, 0.15) is 0 Å². The van der Waals surface area contributed by atoms with E-state index in [9.17, 15) is 0 Å². The molecule has 0 amide bonds. The van der Waals surface area contributed by atoms with Crippen LogP contribution in [0, 0.1) is 6.92 Å². The summed E-state index contributed by atoms with van der Waals surface area (Å²) in [6, 6.07) is 13.7. The van der Waals surface area contributed by atoms with Gasteiger partial charge in [0, 0.05) is 11.6 Å². The Morgan fingerprint density at radius 2 is 1.82 bits per heavy atom. The van der Waals surface area contributed by atoms with Crippen LogP contribution in [0.25, 0.3) is 0 Å². The highest BCUT2D eigenvalue weighted by Gasteiger charge is 2.02. The lowest BCUT2D eigenvalue weighted by Crippen LogP contribution is -2.00. The van der Waals surface area contributed by atoms with E-state index < -0.39 is 0 Å². The topological polar surface area (TPSA) is 12.0 Å². The molecule has 0 bridgehead atoms. The molecule has 2 aromatic rings. The second kappa shape index (κ2) is 5.44. The lowest BCUT2D eigenvalue weighted by molar-refractivity contribution is 1.15. The fourth-order valence-corrected chi connectivity index (χ4v) is 2.03. The lowest BCUT2D eigenvalue weighted by atomic mass is 10.2. The first kappa shape index (κ1) is 12.3. The van der Waals surface area contributed by atoms with Crippen LogP contribution < -0.4 is 5.32 Å². The Hall–Kier alpha value is -1.18. The highest BCUT2D eigenvalue weighted by atomic mass is 35.5. The van der Waals surface area contributed by atoms with E-state index in [0.29, 0.717) is 6.54 Å². The molecule has 3 heteroatoms. The normalized spacial score (nSPS) is 10.3. The van der Waals surface area contributed by atoms with Crippen molar-refractivity contribution in [1.82, 2.24) is 0 Å². The Morgan fingerprint density at radius 1 is 1.06 bits per heavy atom. The van der Waals surface area contributed by atoms with Crippen molar-refractivity contribution >= 4 is 28.9 Å². The number of hydrogen-bond donors (Lipinski definition) is 1. The van der Waals surface area contributed by atoms with Gasteiger partial charge in [0.2, 0.25) is 0 Å². The molecule has 0 aliphatic heterocycles. The standard InChI is InChI=1S/C14H13Cl2N/c1-10-4-2-7-13(14(10)16)17-9-11-5-3-6-12(15)8-11/h2-8,17H,9H2,1H3. The molecule has 0 radical (unpaired) electrons. The van der Waals surface area contributed by atoms with Gasteiger partial charge in [-0.2, -0.15) is 0 Å².